The molecule has 1 amide bonds. The molecule has 0 aliphatic rings. The van der Waals surface area contributed by atoms with Crippen molar-refractivity contribution in [2.45, 2.75) is 405 Å². The highest BCUT2D eigenvalue weighted by molar-refractivity contribution is 5.76. The van der Waals surface area contributed by atoms with Gasteiger partial charge in [0, 0.05) is 6.42 Å². The van der Waals surface area contributed by atoms with E-state index < -0.39 is 12.1 Å². The van der Waals surface area contributed by atoms with E-state index in [0.29, 0.717) is 12.8 Å². The van der Waals surface area contributed by atoms with Crippen molar-refractivity contribution in [2.24, 2.45) is 0 Å². The van der Waals surface area contributed by atoms with Gasteiger partial charge in [0.05, 0.1) is 18.8 Å². The molecule has 0 radical (unpaired) electrons. The topological polar surface area (TPSA) is 69.6 Å². The summed E-state index contributed by atoms with van der Waals surface area (Å²) in [6.07, 6.45) is 84.0. The van der Waals surface area contributed by atoms with E-state index in [2.05, 4.69) is 31.3 Å². The maximum atomic E-state index is 12.5. The van der Waals surface area contributed by atoms with Crippen LogP contribution < -0.4 is 5.32 Å². The molecule has 4 heteroatoms. The van der Waals surface area contributed by atoms with Gasteiger partial charge in [-0.25, -0.2) is 0 Å². The first-order valence-corrected chi connectivity index (χ1v) is 33.4. The van der Waals surface area contributed by atoms with Crippen LogP contribution in [0.5, 0.6) is 0 Å². The third kappa shape index (κ3) is 59.9. The zero-order valence-corrected chi connectivity index (χ0v) is 49.0. The zero-order chi connectivity index (χ0) is 51.3. The first kappa shape index (κ1) is 70.1. The summed E-state index contributed by atoms with van der Waals surface area (Å²) in [6.45, 7) is 4.41. The molecule has 0 bridgehead atoms. The van der Waals surface area contributed by atoms with Crippen molar-refractivity contribution in [3.8, 4) is 0 Å². The lowest BCUT2D eigenvalue weighted by Gasteiger charge is -2.22. The minimum absolute atomic E-state index is 0.0223. The fourth-order valence-corrected chi connectivity index (χ4v) is 11.0. The molecule has 0 fully saturated rings. The van der Waals surface area contributed by atoms with Crippen molar-refractivity contribution in [3.63, 3.8) is 0 Å². The highest BCUT2D eigenvalue weighted by Gasteiger charge is 2.20. The molecule has 2 unspecified atom stereocenters. The summed E-state index contributed by atoms with van der Waals surface area (Å²) in [7, 11) is 0. The molecule has 71 heavy (non-hydrogen) atoms. The second-order valence-corrected chi connectivity index (χ2v) is 23.2. The Bertz CT molecular complexity index is 998. The van der Waals surface area contributed by atoms with Gasteiger partial charge in [-0.15, -0.1) is 0 Å². The van der Waals surface area contributed by atoms with E-state index in [1.54, 1.807) is 0 Å². The van der Waals surface area contributed by atoms with E-state index >= 15 is 0 Å². The van der Waals surface area contributed by atoms with Gasteiger partial charge in [-0.1, -0.05) is 360 Å². The summed E-state index contributed by atoms with van der Waals surface area (Å²) in [6, 6.07) is -0.535. The largest absolute Gasteiger partial charge is 0.394 e. The number of carbonyl (C=O) groups excluding carboxylic acids is 1. The van der Waals surface area contributed by atoms with Crippen LogP contribution in [-0.4, -0.2) is 34.9 Å². The standard InChI is InChI=1S/C67H133NO3/c1-3-5-7-9-11-13-15-17-19-21-23-25-27-29-31-32-33-34-35-37-38-40-42-44-46-48-50-52-54-56-58-60-62-66(70)65(64-69)68-67(71)63-61-59-57-55-53-51-49-47-45-43-41-39-36-30-28-26-24-22-20-18-16-14-12-10-8-6-4-2/h22,24,65-66,69-70H,3-21,23,25-64H2,1-2H3,(H,68,71)/b24-22-. The highest BCUT2D eigenvalue weighted by Crippen LogP contribution is 2.19. The molecule has 2 atom stereocenters. The Balaban J connectivity index is 3.38. The lowest BCUT2D eigenvalue weighted by molar-refractivity contribution is -0.123. The van der Waals surface area contributed by atoms with Crippen LogP contribution >= 0.6 is 0 Å². The third-order valence-corrected chi connectivity index (χ3v) is 16.0. The van der Waals surface area contributed by atoms with E-state index in [0.717, 1.165) is 25.7 Å². The zero-order valence-electron chi connectivity index (χ0n) is 49.0. The average Bonchev–Trinajstić information content (AvgIpc) is 3.37. The summed E-state index contributed by atoms with van der Waals surface area (Å²) < 4.78 is 0. The number of aliphatic hydroxyl groups excluding tert-OH is 2. The molecule has 0 aromatic carbocycles. The quantitative estimate of drug-likeness (QED) is 0.0420. The van der Waals surface area contributed by atoms with E-state index in [9.17, 15) is 15.0 Å². The smallest absolute Gasteiger partial charge is 0.220 e. The molecule has 0 spiro atoms. The summed E-state index contributed by atoms with van der Waals surface area (Å²) in [5.41, 5.74) is 0. The van der Waals surface area contributed by atoms with Gasteiger partial charge in [0.1, 0.15) is 0 Å². The van der Waals surface area contributed by atoms with E-state index in [4.69, 9.17) is 0 Å². The highest BCUT2D eigenvalue weighted by atomic mass is 16.3. The lowest BCUT2D eigenvalue weighted by Crippen LogP contribution is -2.45. The Labute approximate surface area is 447 Å². The van der Waals surface area contributed by atoms with Crippen LogP contribution in [0.3, 0.4) is 0 Å². The van der Waals surface area contributed by atoms with Crippen LogP contribution in [0.1, 0.15) is 393 Å². The Morgan fingerprint density at radius 3 is 0.775 bits per heavy atom. The summed E-state index contributed by atoms with van der Waals surface area (Å²) in [5, 5.41) is 23.4. The monoisotopic (exact) mass is 1000 g/mol. The molecule has 3 N–H and O–H groups in total. The SMILES string of the molecule is CCCCCCCCCC/C=C\CCCCCCCCCCCCCCCCCC(=O)NC(CO)C(O)CCCCCCCCCCCCCCCCCCCCCCCCCCCCCCCCCC. The van der Waals surface area contributed by atoms with Gasteiger partial charge in [-0.05, 0) is 38.5 Å². The second-order valence-electron chi connectivity index (χ2n) is 23.2. The van der Waals surface area contributed by atoms with Gasteiger partial charge in [0.2, 0.25) is 5.91 Å². The molecule has 0 aliphatic heterocycles. The summed E-state index contributed by atoms with van der Waals surface area (Å²) in [4.78, 5) is 12.5. The normalized spacial score (nSPS) is 12.7. The van der Waals surface area contributed by atoms with E-state index in [-0.39, 0.29) is 12.5 Å². The molecule has 0 aromatic rings. The summed E-state index contributed by atoms with van der Waals surface area (Å²) in [5.74, 6) is -0.0223. The van der Waals surface area contributed by atoms with Crippen LogP contribution in [0.15, 0.2) is 12.2 Å². The van der Waals surface area contributed by atoms with Crippen LogP contribution in [-0.2, 0) is 4.79 Å². The molecule has 4 nitrogen and oxygen atoms in total. The predicted molar refractivity (Wildman–Crippen MR) is 318 cm³/mol. The van der Waals surface area contributed by atoms with Crippen LogP contribution in [0.25, 0.3) is 0 Å². The summed E-state index contributed by atoms with van der Waals surface area (Å²) >= 11 is 0. The first-order chi connectivity index (χ1) is 35.2. The molecule has 424 valence electrons. The molecule has 0 aliphatic carbocycles. The fourth-order valence-electron chi connectivity index (χ4n) is 11.0. The third-order valence-electron chi connectivity index (χ3n) is 16.0. The maximum Gasteiger partial charge on any atom is 0.220 e. The van der Waals surface area contributed by atoms with Crippen LogP contribution in [0, 0.1) is 0 Å². The number of amides is 1. The van der Waals surface area contributed by atoms with Gasteiger partial charge in [0.15, 0.2) is 0 Å². The molecule has 0 saturated heterocycles. The van der Waals surface area contributed by atoms with Gasteiger partial charge >= 0.3 is 0 Å². The van der Waals surface area contributed by atoms with Crippen molar-refractivity contribution < 1.29 is 15.0 Å². The van der Waals surface area contributed by atoms with Crippen molar-refractivity contribution >= 4 is 5.91 Å². The van der Waals surface area contributed by atoms with E-state index in [1.165, 1.54) is 340 Å². The first-order valence-electron chi connectivity index (χ1n) is 33.4. The molecule has 0 saturated carbocycles. The number of unbranched alkanes of at least 4 members (excludes halogenated alkanes) is 54. The van der Waals surface area contributed by atoms with Gasteiger partial charge < -0.3 is 15.5 Å². The molecular formula is C67H133NO3. The molecule has 0 aromatic heterocycles. The average molecular weight is 1000 g/mol. The Hall–Kier alpha value is -0.870. The number of hydrogen-bond donors (Lipinski definition) is 3. The maximum absolute atomic E-state index is 12.5. The Morgan fingerprint density at radius 2 is 0.535 bits per heavy atom. The number of aliphatic hydroxyl groups is 2. The number of carbonyl (C=O) groups is 1. The van der Waals surface area contributed by atoms with Gasteiger partial charge in [-0.2, -0.15) is 0 Å². The van der Waals surface area contributed by atoms with Gasteiger partial charge in [-0.3, -0.25) is 4.79 Å². The minimum atomic E-state index is -0.658. The number of hydrogen-bond acceptors (Lipinski definition) is 3. The fraction of sp³-hybridized carbons (Fsp3) is 0.955. The second kappa shape index (κ2) is 63.4. The lowest BCUT2D eigenvalue weighted by atomic mass is 10.0. The van der Waals surface area contributed by atoms with Crippen molar-refractivity contribution in [2.75, 3.05) is 6.61 Å². The molecule has 0 heterocycles. The van der Waals surface area contributed by atoms with Crippen LogP contribution in [0.4, 0.5) is 0 Å². The number of rotatable bonds is 63. The molecular weight excluding hydrogens is 867 g/mol. The molecule has 0 rings (SSSR count). The van der Waals surface area contributed by atoms with Crippen molar-refractivity contribution in [1.82, 2.24) is 5.32 Å². The minimum Gasteiger partial charge on any atom is -0.394 e. The Morgan fingerprint density at radius 1 is 0.324 bits per heavy atom. The van der Waals surface area contributed by atoms with Crippen LogP contribution in [0.2, 0.25) is 0 Å². The predicted octanol–water partition coefficient (Wildman–Crippen LogP) is 22.4. The van der Waals surface area contributed by atoms with E-state index in [1.807, 2.05) is 0 Å². The number of allylic oxidation sites excluding steroid dienone is 2. The number of nitrogens with one attached hydrogen (secondary N) is 1. The Kier molecular flexibility index (Phi) is 62.6. The van der Waals surface area contributed by atoms with Crippen molar-refractivity contribution in [1.29, 1.82) is 0 Å². The van der Waals surface area contributed by atoms with Gasteiger partial charge in [0.25, 0.3) is 0 Å². The van der Waals surface area contributed by atoms with Crippen molar-refractivity contribution in [3.05, 3.63) is 12.2 Å².